The van der Waals surface area contributed by atoms with Crippen LogP contribution in [0.1, 0.15) is 12.5 Å². The van der Waals surface area contributed by atoms with Gasteiger partial charge in [-0.3, -0.25) is 4.99 Å². The van der Waals surface area contributed by atoms with E-state index in [1.165, 1.54) is 0 Å². The van der Waals surface area contributed by atoms with Crippen LogP contribution in [0.15, 0.2) is 33.4 Å². The minimum absolute atomic E-state index is 0.106. The summed E-state index contributed by atoms with van der Waals surface area (Å²) in [5.74, 6) is 0.106. The SMILES string of the molecule is CN=C(C)C(N)=Cc1c(O)[nH]c2ccc(Br)cc12. The second-order valence-corrected chi connectivity index (χ2v) is 4.90. The molecule has 0 aliphatic carbocycles. The number of fused-ring (bicyclic) bond motifs is 1. The molecule has 1 heterocycles. The number of nitrogens with one attached hydrogen (secondary N) is 1. The van der Waals surface area contributed by atoms with Gasteiger partial charge in [0.2, 0.25) is 0 Å². The van der Waals surface area contributed by atoms with Crippen LogP contribution in [0.2, 0.25) is 0 Å². The van der Waals surface area contributed by atoms with Gasteiger partial charge in [-0.2, -0.15) is 0 Å². The summed E-state index contributed by atoms with van der Waals surface area (Å²) >= 11 is 3.41. The van der Waals surface area contributed by atoms with Crippen LogP contribution in [0.25, 0.3) is 17.0 Å². The molecule has 1 aromatic heterocycles. The highest BCUT2D eigenvalue weighted by Gasteiger charge is 2.10. The Bertz CT molecular complexity index is 656. The lowest BCUT2D eigenvalue weighted by atomic mass is 10.1. The fourth-order valence-corrected chi connectivity index (χ4v) is 2.07. The van der Waals surface area contributed by atoms with Crippen molar-refractivity contribution < 1.29 is 5.11 Å². The lowest BCUT2D eigenvalue weighted by molar-refractivity contribution is 0.457. The minimum Gasteiger partial charge on any atom is -0.494 e. The van der Waals surface area contributed by atoms with E-state index >= 15 is 0 Å². The normalized spacial score (nSPS) is 13.3. The number of aromatic nitrogens is 1. The van der Waals surface area contributed by atoms with E-state index in [2.05, 4.69) is 25.9 Å². The summed E-state index contributed by atoms with van der Waals surface area (Å²) in [6.45, 7) is 1.83. The van der Waals surface area contributed by atoms with Crippen molar-refractivity contribution >= 4 is 38.6 Å². The molecule has 0 spiro atoms. The van der Waals surface area contributed by atoms with Gasteiger partial charge in [0.05, 0.1) is 11.4 Å². The van der Waals surface area contributed by atoms with Crippen LogP contribution >= 0.6 is 15.9 Å². The first kappa shape index (κ1) is 12.7. The number of nitrogens with two attached hydrogens (primary N) is 1. The number of hydrogen-bond acceptors (Lipinski definition) is 3. The van der Waals surface area contributed by atoms with Gasteiger partial charge in [-0.05, 0) is 31.2 Å². The van der Waals surface area contributed by atoms with E-state index in [-0.39, 0.29) is 5.88 Å². The molecule has 2 aromatic rings. The Morgan fingerprint density at radius 1 is 1.50 bits per heavy atom. The molecule has 0 amide bonds. The van der Waals surface area contributed by atoms with Gasteiger partial charge in [-0.25, -0.2) is 0 Å². The molecule has 0 fully saturated rings. The Morgan fingerprint density at radius 3 is 2.89 bits per heavy atom. The Hall–Kier alpha value is -1.75. The maximum atomic E-state index is 9.92. The number of allylic oxidation sites excluding steroid dienone is 1. The Kier molecular flexibility index (Phi) is 3.43. The highest BCUT2D eigenvalue weighted by molar-refractivity contribution is 9.10. The van der Waals surface area contributed by atoms with Crippen LogP contribution in [0, 0.1) is 0 Å². The zero-order valence-corrected chi connectivity index (χ0v) is 11.7. The molecule has 18 heavy (non-hydrogen) atoms. The fraction of sp³-hybridized carbons (Fsp3) is 0.154. The Labute approximate surface area is 113 Å². The van der Waals surface area contributed by atoms with Gasteiger partial charge in [-0.15, -0.1) is 0 Å². The minimum atomic E-state index is 0.106. The van der Waals surface area contributed by atoms with Gasteiger partial charge in [-0.1, -0.05) is 15.9 Å². The molecule has 0 unspecified atom stereocenters. The number of H-pyrrole nitrogens is 1. The lowest BCUT2D eigenvalue weighted by Gasteiger charge is -2.00. The van der Waals surface area contributed by atoms with Gasteiger partial charge >= 0.3 is 0 Å². The highest BCUT2D eigenvalue weighted by atomic mass is 79.9. The number of rotatable bonds is 2. The van der Waals surface area contributed by atoms with Crippen molar-refractivity contribution in [1.82, 2.24) is 4.98 Å². The van der Waals surface area contributed by atoms with E-state index in [0.717, 1.165) is 21.1 Å². The molecule has 4 nitrogen and oxygen atoms in total. The molecular formula is C13H14BrN3O. The average Bonchev–Trinajstić information content (AvgIpc) is 2.65. The number of aromatic hydroxyl groups is 1. The molecule has 0 atom stereocenters. The summed E-state index contributed by atoms with van der Waals surface area (Å²) in [4.78, 5) is 6.93. The van der Waals surface area contributed by atoms with Gasteiger partial charge in [0, 0.05) is 28.0 Å². The number of benzene rings is 1. The number of aliphatic imine (C=N–C) groups is 1. The number of aromatic amines is 1. The van der Waals surface area contributed by atoms with Crippen LogP contribution in [0.4, 0.5) is 0 Å². The van der Waals surface area contributed by atoms with Gasteiger partial charge in [0.1, 0.15) is 0 Å². The molecule has 0 saturated carbocycles. The van der Waals surface area contributed by atoms with Gasteiger partial charge < -0.3 is 15.8 Å². The summed E-state index contributed by atoms with van der Waals surface area (Å²) in [7, 11) is 1.68. The number of hydrogen-bond donors (Lipinski definition) is 3. The predicted molar refractivity (Wildman–Crippen MR) is 78.9 cm³/mol. The van der Waals surface area contributed by atoms with Crippen molar-refractivity contribution in [2.24, 2.45) is 10.7 Å². The third kappa shape index (κ3) is 2.26. The molecule has 94 valence electrons. The molecule has 2 rings (SSSR count). The first-order chi connectivity index (χ1) is 8.52. The lowest BCUT2D eigenvalue weighted by Crippen LogP contribution is -2.06. The summed E-state index contributed by atoms with van der Waals surface area (Å²) in [6.07, 6.45) is 1.73. The van der Waals surface area contributed by atoms with Gasteiger partial charge in [0.15, 0.2) is 5.88 Å². The number of nitrogens with zero attached hydrogens (tertiary/aromatic N) is 1. The monoisotopic (exact) mass is 307 g/mol. The van der Waals surface area contributed by atoms with Gasteiger partial charge in [0.25, 0.3) is 0 Å². The summed E-state index contributed by atoms with van der Waals surface area (Å²) < 4.78 is 0.947. The first-order valence-corrected chi connectivity index (χ1v) is 6.23. The van der Waals surface area contributed by atoms with Crippen molar-refractivity contribution in [3.8, 4) is 5.88 Å². The molecule has 0 saturated heterocycles. The largest absolute Gasteiger partial charge is 0.494 e. The standard InChI is InChI=1S/C13H14BrN3O/c1-7(16-2)11(15)6-10-9-5-8(14)3-4-12(9)17-13(10)18/h3-6,17-18H,15H2,1-2H3. The van der Waals surface area contributed by atoms with E-state index in [4.69, 9.17) is 5.73 Å². The van der Waals surface area contributed by atoms with E-state index < -0.39 is 0 Å². The maximum absolute atomic E-state index is 9.92. The van der Waals surface area contributed by atoms with Crippen molar-refractivity contribution in [3.05, 3.63) is 33.9 Å². The Morgan fingerprint density at radius 2 is 2.22 bits per heavy atom. The third-order valence-electron chi connectivity index (χ3n) is 2.83. The van der Waals surface area contributed by atoms with Crippen LogP contribution in [0.3, 0.4) is 0 Å². The van der Waals surface area contributed by atoms with Crippen LogP contribution in [-0.2, 0) is 0 Å². The average molecular weight is 308 g/mol. The van der Waals surface area contributed by atoms with Crippen molar-refractivity contribution in [2.75, 3.05) is 7.05 Å². The second-order valence-electron chi connectivity index (χ2n) is 3.99. The molecule has 1 aromatic carbocycles. The molecule has 0 radical (unpaired) electrons. The molecule has 0 aliphatic rings. The molecule has 0 aliphatic heterocycles. The molecule has 0 bridgehead atoms. The summed E-state index contributed by atoms with van der Waals surface area (Å²) in [5.41, 5.74) is 8.72. The summed E-state index contributed by atoms with van der Waals surface area (Å²) in [5, 5.41) is 10.8. The first-order valence-electron chi connectivity index (χ1n) is 5.44. The van der Waals surface area contributed by atoms with E-state index in [9.17, 15) is 5.11 Å². The highest BCUT2D eigenvalue weighted by Crippen LogP contribution is 2.30. The number of halogens is 1. The van der Waals surface area contributed by atoms with E-state index in [0.29, 0.717) is 11.3 Å². The maximum Gasteiger partial charge on any atom is 0.196 e. The van der Waals surface area contributed by atoms with E-state index in [1.807, 2.05) is 25.1 Å². The molecular weight excluding hydrogens is 294 g/mol. The van der Waals surface area contributed by atoms with Crippen LogP contribution in [-0.4, -0.2) is 22.8 Å². The molecule has 4 N–H and O–H groups in total. The predicted octanol–water partition coefficient (Wildman–Crippen LogP) is 3.03. The van der Waals surface area contributed by atoms with Crippen LogP contribution < -0.4 is 5.73 Å². The quantitative estimate of drug-likeness (QED) is 0.746. The smallest absolute Gasteiger partial charge is 0.196 e. The Balaban J connectivity index is 2.64. The topological polar surface area (TPSA) is 74.4 Å². The third-order valence-corrected chi connectivity index (χ3v) is 3.33. The van der Waals surface area contributed by atoms with Crippen molar-refractivity contribution in [3.63, 3.8) is 0 Å². The van der Waals surface area contributed by atoms with E-state index in [1.54, 1.807) is 13.1 Å². The molecule has 5 heteroatoms. The zero-order valence-electron chi connectivity index (χ0n) is 10.2. The zero-order chi connectivity index (χ0) is 13.3. The van der Waals surface area contributed by atoms with Crippen LogP contribution in [0.5, 0.6) is 5.88 Å². The summed E-state index contributed by atoms with van der Waals surface area (Å²) in [6, 6.07) is 5.74. The fourth-order valence-electron chi connectivity index (χ4n) is 1.71. The van der Waals surface area contributed by atoms with Crippen molar-refractivity contribution in [2.45, 2.75) is 6.92 Å². The second kappa shape index (κ2) is 4.86. The van der Waals surface area contributed by atoms with Crippen molar-refractivity contribution in [1.29, 1.82) is 0 Å².